The third kappa shape index (κ3) is 3.84. The van der Waals surface area contributed by atoms with E-state index in [2.05, 4.69) is 29.4 Å². The first kappa shape index (κ1) is 15.9. The maximum atomic E-state index is 10.7. The summed E-state index contributed by atoms with van der Waals surface area (Å²) < 4.78 is 1.83. The standard InChI is InChI=1S/C18H18N4O2/c1-14(16-7-9-18(10-8-16)22(23)24)11-17-13-21(20-19-17)12-15-5-3-2-4-6-15/h2-10,13-14H,11-12H2,1H3. The molecular weight excluding hydrogens is 304 g/mol. The Labute approximate surface area is 139 Å². The largest absolute Gasteiger partial charge is 0.269 e. The molecule has 0 N–H and O–H groups in total. The highest BCUT2D eigenvalue weighted by molar-refractivity contribution is 5.34. The second-order valence-electron chi connectivity index (χ2n) is 5.85. The van der Waals surface area contributed by atoms with Gasteiger partial charge in [-0.3, -0.25) is 10.1 Å². The van der Waals surface area contributed by atoms with E-state index in [1.807, 2.05) is 29.1 Å². The Morgan fingerprint density at radius 2 is 1.83 bits per heavy atom. The lowest BCUT2D eigenvalue weighted by Crippen LogP contribution is -2.00. The predicted octanol–water partition coefficient (Wildman–Crippen LogP) is 3.58. The third-order valence-corrected chi connectivity index (χ3v) is 3.96. The summed E-state index contributed by atoms with van der Waals surface area (Å²) in [4.78, 5) is 10.3. The number of hydrogen-bond acceptors (Lipinski definition) is 4. The molecule has 24 heavy (non-hydrogen) atoms. The zero-order valence-electron chi connectivity index (χ0n) is 13.4. The molecule has 3 aromatic rings. The van der Waals surface area contributed by atoms with Crippen molar-refractivity contribution in [1.29, 1.82) is 0 Å². The van der Waals surface area contributed by atoms with Crippen LogP contribution in [0.4, 0.5) is 5.69 Å². The van der Waals surface area contributed by atoms with Crippen LogP contribution in [0.25, 0.3) is 0 Å². The van der Waals surface area contributed by atoms with E-state index in [9.17, 15) is 10.1 Å². The molecule has 1 atom stereocenters. The van der Waals surface area contributed by atoms with Gasteiger partial charge in [0.1, 0.15) is 0 Å². The summed E-state index contributed by atoms with van der Waals surface area (Å²) in [5, 5.41) is 19.1. The Bertz CT molecular complexity index is 813. The summed E-state index contributed by atoms with van der Waals surface area (Å²) in [6, 6.07) is 16.8. The van der Waals surface area contributed by atoms with Crippen LogP contribution in [0.5, 0.6) is 0 Å². The molecule has 1 heterocycles. The van der Waals surface area contributed by atoms with Crippen molar-refractivity contribution in [2.45, 2.75) is 25.8 Å². The van der Waals surface area contributed by atoms with Crippen molar-refractivity contribution in [1.82, 2.24) is 15.0 Å². The summed E-state index contributed by atoms with van der Waals surface area (Å²) in [5.74, 6) is 0.215. The van der Waals surface area contributed by atoms with Gasteiger partial charge < -0.3 is 0 Å². The lowest BCUT2D eigenvalue weighted by atomic mass is 9.96. The van der Waals surface area contributed by atoms with Crippen LogP contribution in [0, 0.1) is 10.1 Å². The fourth-order valence-electron chi connectivity index (χ4n) is 2.64. The van der Waals surface area contributed by atoms with Crippen LogP contribution < -0.4 is 0 Å². The molecule has 2 aromatic carbocycles. The molecule has 0 saturated heterocycles. The summed E-state index contributed by atoms with van der Waals surface area (Å²) in [6.07, 6.45) is 2.70. The van der Waals surface area contributed by atoms with Crippen LogP contribution in [0.3, 0.4) is 0 Å². The summed E-state index contributed by atoms with van der Waals surface area (Å²) >= 11 is 0. The predicted molar refractivity (Wildman–Crippen MR) is 90.8 cm³/mol. The van der Waals surface area contributed by atoms with E-state index in [0.717, 1.165) is 17.7 Å². The number of aromatic nitrogens is 3. The molecule has 6 heteroatoms. The summed E-state index contributed by atoms with van der Waals surface area (Å²) in [5.41, 5.74) is 3.26. The van der Waals surface area contributed by atoms with Crippen LogP contribution in [-0.2, 0) is 13.0 Å². The SMILES string of the molecule is CC(Cc1cn(Cc2ccccc2)nn1)c1ccc([N+](=O)[O-])cc1. The topological polar surface area (TPSA) is 73.8 Å². The van der Waals surface area contributed by atoms with Gasteiger partial charge in [-0.05, 0) is 23.5 Å². The monoisotopic (exact) mass is 322 g/mol. The molecule has 122 valence electrons. The van der Waals surface area contributed by atoms with Crippen molar-refractivity contribution >= 4 is 5.69 Å². The highest BCUT2D eigenvalue weighted by Crippen LogP contribution is 2.22. The molecule has 3 rings (SSSR count). The first-order chi connectivity index (χ1) is 11.6. The lowest BCUT2D eigenvalue weighted by molar-refractivity contribution is -0.384. The van der Waals surface area contributed by atoms with Gasteiger partial charge in [0.25, 0.3) is 5.69 Å². The number of rotatable bonds is 6. The van der Waals surface area contributed by atoms with Crippen molar-refractivity contribution in [2.75, 3.05) is 0 Å². The number of hydrogen-bond donors (Lipinski definition) is 0. The van der Waals surface area contributed by atoms with Crippen LogP contribution in [-0.4, -0.2) is 19.9 Å². The van der Waals surface area contributed by atoms with E-state index in [0.29, 0.717) is 6.54 Å². The normalized spacial score (nSPS) is 12.0. The lowest BCUT2D eigenvalue weighted by Gasteiger charge is -2.09. The van der Waals surface area contributed by atoms with Crippen molar-refractivity contribution in [3.8, 4) is 0 Å². The minimum absolute atomic E-state index is 0.111. The first-order valence-electron chi connectivity index (χ1n) is 7.79. The minimum atomic E-state index is -0.385. The smallest absolute Gasteiger partial charge is 0.258 e. The Hall–Kier alpha value is -3.02. The molecule has 6 nitrogen and oxygen atoms in total. The van der Waals surface area contributed by atoms with Gasteiger partial charge in [0.15, 0.2) is 0 Å². The maximum absolute atomic E-state index is 10.7. The van der Waals surface area contributed by atoms with Gasteiger partial charge in [-0.25, -0.2) is 4.68 Å². The number of nitrogens with zero attached hydrogens (tertiary/aromatic N) is 4. The van der Waals surface area contributed by atoms with Crippen molar-refractivity contribution in [2.24, 2.45) is 0 Å². The second kappa shape index (κ2) is 7.04. The molecule has 0 fully saturated rings. The van der Waals surface area contributed by atoms with Crippen molar-refractivity contribution in [3.05, 3.63) is 87.7 Å². The van der Waals surface area contributed by atoms with E-state index in [4.69, 9.17) is 0 Å². The van der Waals surface area contributed by atoms with E-state index >= 15 is 0 Å². The van der Waals surface area contributed by atoms with E-state index in [1.165, 1.54) is 17.7 Å². The Morgan fingerprint density at radius 1 is 1.12 bits per heavy atom. The zero-order valence-corrected chi connectivity index (χ0v) is 13.4. The molecule has 0 spiro atoms. The average Bonchev–Trinajstić information content (AvgIpc) is 3.02. The zero-order chi connectivity index (χ0) is 16.9. The fourth-order valence-corrected chi connectivity index (χ4v) is 2.64. The Balaban J connectivity index is 1.64. The van der Waals surface area contributed by atoms with E-state index in [-0.39, 0.29) is 16.5 Å². The fraction of sp³-hybridized carbons (Fsp3) is 0.222. The second-order valence-corrected chi connectivity index (χ2v) is 5.85. The number of nitro benzene ring substituents is 1. The Morgan fingerprint density at radius 3 is 2.50 bits per heavy atom. The highest BCUT2D eigenvalue weighted by Gasteiger charge is 2.12. The molecular formula is C18H18N4O2. The number of non-ortho nitro benzene ring substituents is 1. The van der Waals surface area contributed by atoms with Crippen molar-refractivity contribution < 1.29 is 4.92 Å². The third-order valence-electron chi connectivity index (χ3n) is 3.96. The molecule has 0 amide bonds. The first-order valence-corrected chi connectivity index (χ1v) is 7.79. The average molecular weight is 322 g/mol. The van der Waals surface area contributed by atoms with E-state index < -0.39 is 0 Å². The molecule has 0 aliphatic heterocycles. The molecule has 0 bridgehead atoms. The van der Waals surface area contributed by atoms with Gasteiger partial charge in [0, 0.05) is 18.3 Å². The number of nitro groups is 1. The van der Waals surface area contributed by atoms with Gasteiger partial charge in [0.05, 0.1) is 17.2 Å². The quantitative estimate of drug-likeness (QED) is 0.513. The Kier molecular flexibility index (Phi) is 4.65. The summed E-state index contributed by atoms with van der Waals surface area (Å²) in [6.45, 7) is 2.77. The molecule has 0 aliphatic carbocycles. The van der Waals surface area contributed by atoms with Gasteiger partial charge in [0.2, 0.25) is 0 Å². The van der Waals surface area contributed by atoms with Crippen LogP contribution in [0.15, 0.2) is 60.8 Å². The van der Waals surface area contributed by atoms with Crippen LogP contribution in [0.1, 0.15) is 29.7 Å². The van der Waals surface area contributed by atoms with Crippen LogP contribution >= 0.6 is 0 Å². The van der Waals surface area contributed by atoms with Crippen molar-refractivity contribution in [3.63, 3.8) is 0 Å². The summed E-state index contributed by atoms with van der Waals surface area (Å²) in [7, 11) is 0. The minimum Gasteiger partial charge on any atom is -0.258 e. The molecule has 0 saturated carbocycles. The van der Waals surface area contributed by atoms with Gasteiger partial charge in [-0.1, -0.05) is 54.6 Å². The molecule has 0 radical (unpaired) electrons. The molecule has 1 unspecified atom stereocenters. The highest BCUT2D eigenvalue weighted by atomic mass is 16.6. The van der Waals surface area contributed by atoms with Gasteiger partial charge >= 0.3 is 0 Å². The van der Waals surface area contributed by atoms with Gasteiger partial charge in [-0.15, -0.1) is 5.10 Å². The molecule has 0 aliphatic rings. The van der Waals surface area contributed by atoms with E-state index in [1.54, 1.807) is 12.1 Å². The van der Waals surface area contributed by atoms with Gasteiger partial charge in [-0.2, -0.15) is 0 Å². The molecule has 1 aromatic heterocycles. The maximum Gasteiger partial charge on any atom is 0.269 e. The number of benzene rings is 2. The van der Waals surface area contributed by atoms with Crippen LogP contribution in [0.2, 0.25) is 0 Å².